The van der Waals surface area contributed by atoms with E-state index in [1.807, 2.05) is 25.1 Å². The molecule has 1 aliphatic heterocycles. The Morgan fingerprint density at radius 1 is 1.12 bits per heavy atom. The summed E-state index contributed by atoms with van der Waals surface area (Å²) < 4.78 is 40.2. The lowest BCUT2D eigenvalue weighted by atomic mass is 10.0. The van der Waals surface area contributed by atoms with E-state index < -0.39 is 10.0 Å². The smallest absolute Gasteiger partial charge is 0.269 e. The normalized spacial score (nSPS) is 16.3. The van der Waals surface area contributed by atoms with E-state index in [0.717, 1.165) is 62.4 Å². The zero-order valence-corrected chi connectivity index (χ0v) is 23.8. The second kappa shape index (κ2) is 11.5. The molecule has 1 aliphatic carbocycles. The van der Waals surface area contributed by atoms with Crippen LogP contribution in [-0.2, 0) is 14.8 Å². The molecular weight excluding hydrogens is 536 g/mol. The molecule has 0 radical (unpaired) electrons. The Hall–Kier alpha value is -3.97. The first kappa shape index (κ1) is 27.2. The van der Waals surface area contributed by atoms with Crippen molar-refractivity contribution in [2.24, 2.45) is 5.92 Å². The van der Waals surface area contributed by atoms with E-state index >= 15 is 0 Å². The molecule has 2 aromatic heterocycles. The van der Waals surface area contributed by atoms with Crippen molar-refractivity contribution < 1.29 is 17.9 Å². The highest BCUT2D eigenvalue weighted by atomic mass is 32.2. The molecular formula is C32H32N4O4S. The van der Waals surface area contributed by atoms with Crippen molar-refractivity contribution in [3.05, 3.63) is 83.7 Å². The highest BCUT2D eigenvalue weighted by Gasteiger charge is 2.25. The van der Waals surface area contributed by atoms with Gasteiger partial charge >= 0.3 is 0 Å². The van der Waals surface area contributed by atoms with Gasteiger partial charge in [-0.15, -0.1) is 0 Å². The van der Waals surface area contributed by atoms with Crippen LogP contribution in [0.1, 0.15) is 29.5 Å². The van der Waals surface area contributed by atoms with Gasteiger partial charge in [0.25, 0.3) is 10.0 Å². The lowest BCUT2D eigenvalue weighted by molar-refractivity contribution is 0.0435. The maximum Gasteiger partial charge on any atom is 0.269 e. The monoisotopic (exact) mass is 568 g/mol. The number of nitrogens with zero attached hydrogens (tertiary/aromatic N) is 4. The number of ether oxygens (including phenoxy) is 2. The number of fused-ring (bicyclic) bond motifs is 1. The van der Waals surface area contributed by atoms with Crippen LogP contribution in [0.15, 0.2) is 71.9 Å². The van der Waals surface area contributed by atoms with E-state index in [1.165, 1.54) is 3.97 Å². The minimum Gasteiger partial charge on any atom is -0.492 e. The Labute approximate surface area is 240 Å². The number of morpholine rings is 1. The number of benzene rings is 2. The predicted octanol–water partition coefficient (Wildman–Crippen LogP) is 5.25. The minimum absolute atomic E-state index is 0.185. The fraction of sp³-hybridized carbons (Fsp3) is 0.312. The first-order chi connectivity index (χ1) is 19.9. The SMILES string of the molecule is Cc1ccc(S(=O)(=O)n2cc(-c3ccc(OCC4CC4)c(C#N)c3)c3cc(/C=C/CN4CCOCC4)cnc32)cc1. The first-order valence-electron chi connectivity index (χ1n) is 13.9. The summed E-state index contributed by atoms with van der Waals surface area (Å²) in [6, 6.07) is 16.4. The molecule has 8 nitrogen and oxygen atoms in total. The summed E-state index contributed by atoms with van der Waals surface area (Å²) in [6.07, 6.45) is 9.71. The van der Waals surface area contributed by atoms with Crippen molar-refractivity contribution >= 4 is 27.1 Å². The number of aromatic nitrogens is 2. The summed E-state index contributed by atoms with van der Waals surface area (Å²) in [7, 11) is -3.92. The molecule has 3 heterocycles. The lowest BCUT2D eigenvalue weighted by Gasteiger charge is -2.25. The third-order valence-electron chi connectivity index (χ3n) is 7.57. The highest BCUT2D eigenvalue weighted by molar-refractivity contribution is 7.90. The number of hydrogen-bond acceptors (Lipinski definition) is 7. The Bertz CT molecular complexity index is 1740. The van der Waals surface area contributed by atoms with Crippen molar-refractivity contribution in [3.63, 3.8) is 0 Å². The second-order valence-electron chi connectivity index (χ2n) is 10.7. The van der Waals surface area contributed by atoms with Crippen LogP contribution >= 0.6 is 0 Å². The van der Waals surface area contributed by atoms with Crippen molar-refractivity contribution in [2.45, 2.75) is 24.7 Å². The molecule has 1 saturated heterocycles. The van der Waals surface area contributed by atoms with Crippen LogP contribution in [-0.4, -0.2) is 61.7 Å². The number of nitriles is 1. The van der Waals surface area contributed by atoms with Crippen LogP contribution in [0.5, 0.6) is 5.75 Å². The van der Waals surface area contributed by atoms with Crippen LogP contribution < -0.4 is 4.74 Å². The van der Waals surface area contributed by atoms with Crippen LogP contribution in [0.3, 0.4) is 0 Å². The molecule has 4 aromatic rings. The lowest BCUT2D eigenvalue weighted by Crippen LogP contribution is -2.36. The molecule has 0 spiro atoms. The Balaban J connectivity index is 1.41. The molecule has 0 unspecified atom stereocenters. The molecule has 2 aliphatic rings. The van der Waals surface area contributed by atoms with Gasteiger partial charge in [0.2, 0.25) is 0 Å². The summed E-state index contributed by atoms with van der Waals surface area (Å²) >= 11 is 0. The zero-order chi connectivity index (χ0) is 28.4. The molecule has 0 bridgehead atoms. The molecule has 9 heteroatoms. The first-order valence-corrected chi connectivity index (χ1v) is 15.3. The standard InChI is InChI=1S/C32H32N4O4S/c1-23-4-9-28(10-5-23)41(37,38)36-21-30(26-8-11-31(27(18-26)19-33)40-22-24-6-7-24)29-17-25(20-34-32(29)36)3-2-12-35-13-15-39-16-14-35/h2-5,8-11,17-18,20-21,24H,6-7,12-16,22H2,1H3/b3-2+. The van der Waals surface area contributed by atoms with Gasteiger partial charge < -0.3 is 9.47 Å². The van der Waals surface area contributed by atoms with Crippen LogP contribution in [0.25, 0.3) is 28.2 Å². The highest BCUT2D eigenvalue weighted by Crippen LogP contribution is 2.36. The summed E-state index contributed by atoms with van der Waals surface area (Å²) in [5.41, 5.74) is 3.98. The molecule has 6 rings (SSSR count). The quantitative estimate of drug-likeness (QED) is 0.272. The van der Waals surface area contributed by atoms with Gasteiger partial charge in [-0.05, 0) is 67.1 Å². The fourth-order valence-electron chi connectivity index (χ4n) is 4.95. The molecule has 1 saturated carbocycles. The van der Waals surface area contributed by atoms with Gasteiger partial charge in [0.05, 0.1) is 30.3 Å². The van der Waals surface area contributed by atoms with Crippen molar-refractivity contribution in [3.8, 4) is 22.9 Å². The summed E-state index contributed by atoms with van der Waals surface area (Å²) in [6.45, 7) is 6.59. The number of hydrogen-bond donors (Lipinski definition) is 0. The molecule has 2 fully saturated rings. The molecule has 0 atom stereocenters. The van der Waals surface area contributed by atoms with Gasteiger partial charge in [0.15, 0.2) is 5.65 Å². The minimum atomic E-state index is -3.92. The van der Waals surface area contributed by atoms with Crippen molar-refractivity contribution in [2.75, 3.05) is 39.5 Å². The van der Waals surface area contributed by atoms with Gasteiger partial charge in [-0.2, -0.15) is 5.26 Å². The Morgan fingerprint density at radius 3 is 2.63 bits per heavy atom. The molecule has 210 valence electrons. The average Bonchev–Trinajstić information content (AvgIpc) is 3.75. The van der Waals surface area contributed by atoms with E-state index in [-0.39, 0.29) is 4.90 Å². The molecule has 0 amide bonds. The number of rotatable bonds is 9. The van der Waals surface area contributed by atoms with Crippen LogP contribution in [0.4, 0.5) is 0 Å². The predicted molar refractivity (Wildman–Crippen MR) is 158 cm³/mol. The Kier molecular flexibility index (Phi) is 7.63. The van der Waals surface area contributed by atoms with E-state index in [2.05, 4.69) is 22.0 Å². The zero-order valence-electron chi connectivity index (χ0n) is 23.0. The van der Waals surface area contributed by atoms with Gasteiger partial charge in [-0.25, -0.2) is 17.4 Å². The molecule has 0 N–H and O–H groups in total. The maximum atomic E-state index is 13.8. The number of pyridine rings is 1. The van der Waals surface area contributed by atoms with Crippen molar-refractivity contribution in [1.29, 1.82) is 5.26 Å². The van der Waals surface area contributed by atoms with Gasteiger partial charge in [-0.3, -0.25) is 4.90 Å². The maximum absolute atomic E-state index is 13.8. The van der Waals surface area contributed by atoms with Crippen LogP contribution in [0.2, 0.25) is 0 Å². The third-order valence-corrected chi connectivity index (χ3v) is 9.24. The summed E-state index contributed by atoms with van der Waals surface area (Å²) in [5.74, 6) is 1.11. The fourth-order valence-corrected chi connectivity index (χ4v) is 6.27. The van der Waals surface area contributed by atoms with E-state index in [0.29, 0.717) is 40.4 Å². The van der Waals surface area contributed by atoms with Gasteiger partial charge in [-0.1, -0.05) is 35.9 Å². The summed E-state index contributed by atoms with van der Waals surface area (Å²) in [4.78, 5) is 7.13. The van der Waals surface area contributed by atoms with E-state index in [9.17, 15) is 13.7 Å². The molecule has 41 heavy (non-hydrogen) atoms. The van der Waals surface area contributed by atoms with Crippen LogP contribution in [0, 0.1) is 24.2 Å². The van der Waals surface area contributed by atoms with Gasteiger partial charge in [0.1, 0.15) is 11.8 Å². The Morgan fingerprint density at radius 2 is 1.90 bits per heavy atom. The summed E-state index contributed by atoms with van der Waals surface area (Å²) in [5, 5.41) is 10.6. The van der Waals surface area contributed by atoms with Gasteiger partial charge in [0, 0.05) is 43.0 Å². The van der Waals surface area contributed by atoms with E-state index in [1.54, 1.807) is 48.8 Å². The van der Waals surface area contributed by atoms with E-state index in [4.69, 9.17) is 9.47 Å². The molecule has 2 aromatic carbocycles. The second-order valence-corrected chi connectivity index (χ2v) is 12.5. The van der Waals surface area contributed by atoms with Crippen molar-refractivity contribution in [1.82, 2.24) is 13.9 Å². The average molecular weight is 569 g/mol. The third kappa shape index (κ3) is 5.91. The number of aryl methyl sites for hydroxylation is 1. The topological polar surface area (TPSA) is 97.5 Å². The largest absolute Gasteiger partial charge is 0.492 e.